The highest BCUT2D eigenvalue weighted by atomic mass is 79.9. The van der Waals surface area contributed by atoms with Gasteiger partial charge >= 0.3 is 0 Å². The minimum atomic E-state index is -3.97. The topological polar surface area (TPSA) is 70.0 Å². The molecule has 0 fully saturated rings. The maximum atomic E-state index is 12.3. The van der Waals surface area contributed by atoms with Crippen molar-refractivity contribution in [3.05, 3.63) is 43.7 Å². The second-order valence-corrected chi connectivity index (χ2v) is 7.84. The molecule has 0 atom stereocenters. The minimum absolute atomic E-state index is 0.00746. The first kappa shape index (κ1) is 15.6. The highest BCUT2D eigenvalue weighted by Gasteiger charge is 2.24. The van der Waals surface area contributed by atoms with E-state index in [0.717, 1.165) is 11.3 Å². The van der Waals surface area contributed by atoms with Crippen molar-refractivity contribution in [1.82, 2.24) is 0 Å². The van der Waals surface area contributed by atoms with Gasteiger partial charge in [-0.25, -0.2) is 8.42 Å². The fourth-order valence-electron chi connectivity index (χ4n) is 1.44. The quantitative estimate of drug-likeness (QED) is 0.808. The van der Waals surface area contributed by atoms with Gasteiger partial charge in [-0.1, -0.05) is 39.1 Å². The van der Waals surface area contributed by atoms with Gasteiger partial charge in [-0.2, -0.15) is 5.26 Å². The number of nitriles is 1. The van der Waals surface area contributed by atoms with E-state index in [-0.39, 0.29) is 25.5 Å². The summed E-state index contributed by atoms with van der Waals surface area (Å²) in [5, 5.41) is 10.7. The number of rotatable bonds is 3. The van der Waals surface area contributed by atoms with Crippen molar-refractivity contribution in [2.24, 2.45) is 0 Å². The van der Waals surface area contributed by atoms with Gasteiger partial charge in [0.1, 0.15) is 16.0 Å². The van der Waals surface area contributed by atoms with E-state index in [1.165, 1.54) is 18.2 Å². The molecule has 9 heteroatoms. The van der Waals surface area contributed by atoms with Crippen LogP contribution in [0.2, 0.25) is 10.0 Å². The lowest BCUT2D eigenvalue weighted by atomic mass is 10.4. The summed E-state index contributed by atoms with van der Waals surface area (Å²) in [6.45, 7) is 0. The van der Waals surface area contributed by atoms with Crippen LogP contribution in [-0.4, -0.2) is 8.42 Å². The fourth-order valence-corrected chi connectivity index (χ4v) is 5.44. The molecule has 0 aliphatic heterocycles. The van der Waals surface area contributed by atoms with Crippen LogP contribution in [0.5, 0.6) is 0 Å². The third kappa shape index (κ3) is 3.10. The number of hydrogen-bond acceptors (Lipinski definition) is 4. The molecule has 0 aliphatic carbocycles. The van der Waals surface area contributed by atoms with Gasteiger partial charge in [0, 0.05) is 4.47 Å². The number of nitrogens with zero attached hydrogens (tertiary/aromatic N) is 1. The van der Waals surface area contributed by atoms with Gasteiger partial charge in [0.25, 0.3) is 10.0 Å². The summed E-state index contributed by atoms with van der Waals surface area (Å²) in [5.74, 6) is 0. The molecule has 0 amide bonds. The van der Waals surface area contributed by atoms with E-state index >= 15 is 0 Å². The van der Waals surface area contributed by atoms with Crippen LogP contribution in [0.4, 0.5) is 5.00 Å². The Morgan fingerprint density at radius 1 is 1.30 bits per heavy atom. The third-order valence-electron chi connectivity index (χ3n) is 2.24. The zero-order chi connectivity index (χ0) is 14.9. The molecular weight excluding hydrogens is 407 g/mol. The number of thiophene rings is 1. The van der Waals surface area contributed by atoms with E-state index in [9.17, 15) is 8.42 Å². The average Bonchev–Trinajstić information content (AvgIpc) is 2.73. The van der Waals surface area contributed by atoms with Crippen LogP contribution in [0.25, 0.3) is 0 Å². The molecular formula is C11H5BrCl2N2O2S2. The van der Waals surface area contributed by atoms with Crippen LogP contribution in [0.15, 0.2) is 32.9 Å². The number of nitrogens with one attached hydrogen (secondary N) is 1. The SMILES string of the molecule is N#Cc1ccsc1NS(=O)(=O)c1c(Cl)cc(Br)cc1Cl. The first-order valence-corrected chi connectivity index (χ1v) is 8.91. The number of anilines is 1. The van der Waals surface area contributed by atoms with Crippen LogP contribution in [0.3, 0.4) is 0 Å². The molecule has 104 valence electrons. The molecule has 1 aromatic carbocycles. The number of hydrogen-bond donors (Lipinski definition) is 1. The van der Waals surface area contributed by atoms with Gasteiger partial charge in [-0.15, -0.1) is 11.3 Å². The summed E-state index contributed by atoms with van der Waals surface area (Å²) < 4.78 is 27.5. The van der Waals surface area contributed by atoms with Gasteiger partial charge in [-0.3, -0.25) is 4.72 Å². The predicted molar refractivity (Wildman–Crippen MR) is 84.0 cm³/mol. The number of sulfonamides is 1. The van der Waals surface area contributed by atoms with E-state index in [1.807, 2.05) is 6.07 Å². The Morgan fingerprint density at radius 3 is 2.45 bits per heavy atom. The summed E-state index contributed by atoms with van der Waals surface area (Å²) in [6, 6.07) is 6.28. The monoisotopic (exact) mass is 410 g/mol. The Labute approximate surface area is 138 Å². The Kier molecular flexibility index (Phi) is 4.62. The molecule has 2 aromatic rings. The molecule has 0 unspecified atom stereocenters. The molecule has 0 saturated carbocycles. The van der Waals surface area contributed by atoms with E-state index in [0.29, 0.717) is 4.47 Å². The fraction of sp³-hybridized carbons (Fsp3) is 0. The van der Waals surface area contributed by atoms with Gasteiger partial charge in [0.05, 0.1) is 15.6 Å². The summed E-state index contributed by atoms with van der Waals surface area (Å²) in [5.41, 5.74) is 0.239. The minimum Gasteiger partial charge on any atom is -0.269 e. The molecule has 2 rings (SSSR count). The van der Waals surface area contributed by atoms with Crippen molar-refractivity contribution in [2.45, 2.75) is 4.90 Å². The lowest BCUT2D eigenvalue weighted by molar-refractivity contribution is 0.601. The van der Waals surface area contributed by atoms with Crippen LogP contribution in [0, 0.1) is 11.3 Å². The molecule has 1 N–H and O–H groups in total. The molecule has 0 saturated heterocycles. The molecule has 20 heavy (non-hydrogen) atoms. The maximum Gasteiger partial charge on any atom is 0.265 e. The zero-order valence-electron chi connectivity index (χ0n) is 9.52. The van der Waals surface area contributed by atoms with Crippen molar-refractivity contribution < 1.29 is 8.42 Å². The molecule has 0 bridgehead atoms. The normalized spacial score (nSPS) is 11.1. The summed E-state index contributed by atoms with van der Waals surface area (Å²) in [6.07, 6.45) is 0. The Bertz CT molecular complexity index is 789. The lowest BCUT2D eigenvalue weighted by Crippen LogP contribution is -2.14. The largest absolute Gasteiger partial charge is 0.269 e. The molecule has 4 nitrogen and oxygen atoms in total. The predicted octanol–water partition coefficient (Wildman–Crippen LogP) is 4.49. The van der Waals surface area contributed by atoms with Gasteiger partial charge in [0.2, 0.25) is 0 Å². The molecule has 1 aromatic heterocycles. The van der Waals surface area contributed by atoms with Gasteiger partial charge in [-0.05, 0) is 23.6 Å². The smallest absolute Gasteiger partial charge is 0.265 e. The maximum absolute atomic E-state index is 12.3. The summed E-state index contributed by atoms with van der Waals surface area (Å²) in [7, 11) is -3.97. The highest BCUT2D eigenvalue weighted by Crippen LogP contribution is 2.35. The van der Waals surface area contributed by atoms with Crippen molar-refractivity contribution >= 4 is 65.5 Å². The van der Waals surface area contributed by atoms with E-state index < -0.39 is 10.0 Å². The first-order valence-electron chi connectivity index (χ1n) is 5.00. The number of halogens is 3. The molecule has 0 spiro atoms. The van der Waals surface area contributed by atoms with E-state index in [4.69, 9.17) is 28.5 Å². The van der Waals surface area contributed by atoms with Gasteiger partial charge < -0.3 is 0 Å². The van der Waals surface area contributed by atoms with E-state index in [2.05, 4.69) is 20.7 Å². The third-order valence-corrected chi connectivity index (χ3v) is 5.93. The standard InChI is InChI=1S/C11H5BrCl2N2O2S2/c12-7-3-8(13)10(9(14)4-7)20(17,18)16-11-6(5-15)1-2-19-11/h1-4,16H. The molecule has 0 aliphatic rings. The average molecular weight is 412 g/mol. The van der Waals surface area contributed by atoms with Crippen LogP contribution < -0.4 is 4.72 Å². The highest BCUT2D eigenvalue weighted by molar-refractivity contribution is 9.10. The van der Waals surface area contributed by atoms with Crippen molar-refractivity contribution in [2.75, 3.05) is 4.72 Å². The van der Waals surface area contributed by atoms with Crippen molar-refractivity contribution in [3.63, 3.8) is 0 Å². The number of benzene rings is 1. The van der Waals surface area contributed by atoms with Crippen LogP contribution >= 0.6 is 50.5 Å². The lowest BCUT2D eigenvalue weighted by Gasteiger charge is -2.10. The van der Waals surface area contributed by atoms with Gasteiger partial charge in [0.15, 0.2) is 0 Å². The van der Waals surface area contributed by atoms with Crippen molar-refractivity contribution in [1.29, 1.82) is 5.26 Å². The first-order chi connectivity index (χ1) is 9.35. The Hall–Kier alpha value is -0.780. The van der Waals surface area contributed by atoms with Crippen LogP contribution in [0.1, 0.15) is 5.56 Å². The Morgan fingerprint density at radius 2 is 1.90 bits per heavy atom. The summed E-state index contributed by atoms with van der Waals surface area (Å²) in [4.78, 5) is -0.221. The molecule has 1 heterocycles. The summed E-state index contributed by atoms with van der Waals surface area (Å²) >= 11 is 16.2. The van der Waals surface area contributed by atoms with Crippen molar-refractivity contribution in [3.8, 4) is 6.07 Å². The second-order valence-electron chi connectivity index (χ2n) is 3.58. The van der Waals surface area contributed by atoms with Crippen LogP contribution in [-0.2, 0) is 10.0 Å². The zero-order valence-corrected chi connectivity index (χ0v) is 14.3. The molecule has 0 radical (unpaired) electrons. The van der Waals surface area contributed by atoms with E-state index in [1.54, 1.807) is 5.38 Å². The Balaban J connectivity index is 2.50. The second kappa shape index (κ2) is 5.92.